The molecule has 2 amide bonds. The number of amides is 2. The van der Waals surface area contributed by atoms with Crippen molar-refractivity contribution in [2.45, 2.75) is 71.6 Å². The molecule has 252 valence electrons. The van der Waals surface area contributed by atoms with Crippen LogP contribution in [0.2, 0.25) is 0 Å². The van der Waals surface area contributed by atoms with Crippen LogP contribution in [0, 0.1) is 23.7 Å². The molecule has 1 fully saturated rings. The van der Waals surface area contributed by atoms with Gasteiger partial charge in [-0.3, -0.25) is 14.5 Å². The molecule has 0 spiro atoms. The molecule has 2 aromatic carbocycles. The molecule has 5 rings (SSSR count). The largest absolute Gasteiger partial charge is 0.345 e. The number of likely N-dealkylation sites (N-methyl/N-ethyl adjacent to an activating group) is 1. The van der Waals surface area contributed by atoms with Crippen molar-refractivity contribution in [1.29, 1.82) is 0 Å². The summed E-state index contributed by atoms with van der Waals surface area (Å²) in [5.74, 6) is 8.27. The predicted octanol–water partition coefficient (Wildman–Crippen LogP) is 5.28. The van der Waals surface area contributed by atoms with E-state index in [1.807, 2.05) is 99.4 Å². The summed E-state index contributed by atoms with van der Waals surface area (Å²) in [6.07, 6.45) is 5.50. The number of carbonyl (C=O) groups is 2. The van der Waals surface area contributed by atoms with Crippen LogP contribution in [0.1, 0.15) is 82.3 Å². The molecule has 4 atom stereocenters. The first-order valence-electron chi connectivity index (χ1n) is 16.8. The van der Waals surface area contributed by atoms with E-state index in [0.717, 1.165) is 58.9 Å². The Labute approximate surface area is 283 Å². The minimum absolute atomic E-state index is 0.0374. The van der Waals surface area contributed by atoms with E-state index < -0.39 is 6.04 Å². The van der Waals surface area contributed by atoms with E-state index in [0.29, 0.717) is 5.82 Å². The highest BCUT2D eigenvalue weighted by molar-refractivity contribution is 5.83. The van der Waals surface area contributed by atoms with Gasteiger partial charge in [-0.15, -0.1) is 0 Å². The average molecular weight is 649 g/mol. The zero-order valence-electron chi connectivity index (χ0n) is 29.0. The molecule has 3 heterocycles. The molecule has 0 saturated carbocycles. The maximum Gasteiger partial charge on any atom is 0.240 e. The second-order valence-electron chi connectivity index (χ2n) is 13.6. The van der Waals surface area contributed by atoms with E-state index in [4.69, 9.17) is 10.7 Å². The van der Waals surface area contributed by atoms with E-state index in [-0.39, 0.29) is 41.8 Å². The molecule has 1 aliphatic heterocycles. The Balaban J connectivity index is 1.20. The summed E-state index contributed by atoms with van der Waals surface area (Å²) in [7, 11) is 3.94. The molecule has 0 unspecified atom stereocenters. The molecule has 10 nitrogen and oxygen atoms in total. The Kier molecular flexibility index (Phi) is 10.8. The normalized spacial score (nSPS) is 16.6. The van der Waals surface area contributed by atoms with Crippen molar-refractivity contribution in [1.82, 2.24) is 35.1 Å². The number of likely N-dealkylation sites (tertiary alicyclic amines) is 1. The highest BCUT2D eigenvalue weighted by atomic mass is 16.2. The smallest absolute Gasteiger partial charge is 0.240 e. The van der Waals surface area contributed by atoms with Crippen LogP contribution >= 0.6 is 0 Å². The number of rotatable bonds is 10. The number of imidazole rings is 2. The van der Waals surface area contributed by atoms with Gasteiger partial charge in [0.1, 0.15) is 11.6 Å². The molecule has 1 saturated heterocycles. The molecule has 5 N–H and O–H groups in total. The van der Waals surface area contributed by atoms with Crippen LogP contribution in [-0.2, 0) is 9.59 Å². The Morgan fingerprint density at radius 2 is 1.44 bits per heavy atom. The molecule has 0 bridgehead atoms. The first-order valence-corrected chi connectivity index (χ1v) is 16.8. The van der Waals surface area contributed by atoms with Crippen LogP contribution in [-0.4, -0.2) is 74.3 Å². The Morgan fingerprint density at radius 1 is 0.875 bits per heavy atom. The highest BCUT2D eigenvalue weighted by Crippen LogP contribution is 2.33. The lowest BCUT2D eigenvalue weighted by Crippen LogP contribution is -2.48. The van der Waals surface area contributed by atoms with Crippen molar-refractivity contribution in [2.75, 3.05) is 20.6 Å². The fourth-order valence-electron chi connectivity index (χ4n) is 6.23. The summed E-state index contributed by atoms with van der Waals surface area (Å²) < 4.78 is 0. The molecular formula is C38H48N8O2. The SMILES string of the molecule is CC(C)[C@H](N)C(=O)N[C@@H](C)c1ncc(-c2ccc(C#Cc3ccc(-c4cnc([C@@H]5CCCN5C(=O)[C@H](C(C)C)N(C)C)[nH]4)cc3)cc2)[nH]1. The van der Waals surface area contributed by atoms with Crippen LogP contribution in [0.25, 0.3) is 22.5 Å². The Morgan fingerprint density at radius 3 is 1.98 bits per heavy atom. The lowest BCUT2D eigenvalue weighted by Gasteiger charge is -2.33. The quantitative estimate of drug-likeness (QED) is 0.173. The molecule has 1 aliphatic rings. The number of nitrogens with zero attached hydrogens (tertiary/aromatic N) is 4. The first-order chi connectivity index (χ1) is 22.9. The number of carbonyl (C=O) groups excluding carboxylic acids is 2. The molecule has 0 aliphatic carbocycles. The molecule has 10 heteroatoms. The van der Waals surface area contributed by atoms with Crippen molar-refractivity contribution < 1.29 is 9.59 Å². The topological polar surface area (TPSA) is 136 Å². The fraction of sp³-hybridized carbons (Fsp3) is 0.421. The third-order valence-corrected chi connectivity index (χ3v) is 9.02. The van der Waals surface area contributed by atoms with Crippen molar-refractivity contribution in [2.24, 2.45) is 17.6 Å². The number of aromatic amines is 2. The number of nitrogens with two attached hydrogens (primary N) is 1. The molecule has 48 heavy (non-hydrogen) atoms. The summed E-state index contributed by atoms with van der Waals surface area (Å²) in [5.41, 5.74) is 11.5. The molecule has 2 aromatic heterocycles. The minimum atomic E-state index is -0.559. The van der Waals surface area contributed by atoms with Gasteiger partial charge in [-0.2, -0.15) is 0 Å². The van der Waals surface area contributed by atoms with E-state index in [2.05, 4.69) is 46.0 Å². The average Bonchev–Trinajstić information content (AvgIpc) is 3.85. The number of hydrogen-bond donors (Lipinski definition) is 4. The van der Waals surface area contributed by atoms with Gasteiger partial charge in [0.05, 0.1) is 47.9 Å². The van der Waals surface area contributed by atoms with Gasteiger partial charge in [0.15, 0.2) is 0 Å². The molecule has 0 radical (unpaired) electrons. The summed E-state index contributed by atoms with van der Waals surface area (Å²) in [6.45, 7) is 10.7. The zero-order valence-corrected chi connectivity index (χ0v) is 29.0. The molecular weight excluding hydrogens is 600 g/mol. The minimum Gasteiger partial charge on any atom is -0.345 e. The van der Waals surface area contributed by atoms with Crippen molar-refractivity contribution in [3.8, 4) is 34.4 Å². The Hall–Kier alpha value is -4.72. The van der Waals surface area contributed by atoms with Crippen molar-refractivity contribution in [3.05, 3.63) is 83.7 Å². The van der Waals surface area contributed by atoms with E-state index in [1.54, 1.807) is 6.20 Å². The lowest BCUT2D eigenvalue weighted by atomic mass is 10.0. The highest BCUT2D eigenvalue weighted by Gasteiger charge is 2.37. The summed E-state index contributed by atoms with van der Waals surface area (Å²) in [5, 5.41) is 2.93. The number of nitrogens with one attached hydrogen (secondary N) is 3. The molecule has 4 aromatic rings. The van der Waals surface area contributed by atoms with Gasteiger partial charge in [0.2, 0.25) is 11.8 Å². The monoisotopic (exact) mass is 648 g/mol. The summed E-state index contributed by atoms with van der Waals surface area (Å²) >= 11 is 0. The number of aromatic nitrogens is 4. The van der Waals surface area contributed by atoms with Crippen LogP contribution in [0.4, 0.5) is 0 Å². The maximum atomic E-state index is 13.5. The number of hydrogen-bond acceptors (Lipinski definition) is 6. The van der Waals surface area contributed by atoms with Crippen molar-refractivity contribution >= 4 is 11.8 Å². The van der Waals surface area contributed by atoms with Gasteiger partial charge >= 0.3 is 0 Å². The third kappa shape index (κ3) is 7.87. The van der Waals surface area contributed by atoms with Gasteiger partial charge < -0.3 is 25.9 Å². The van der Waals surface area contributed by atoms with E-state index >= 15 is 0 Å². The van der Waals surface area contributed by atoms with Crippen LogP contribution in [0.15, 0.2) is 60.9 Å². The van der Waals surface area contributed by atoms with E-state index in [1.165, 1.54) is 0 Å². The standard InChI is InChI=1S/C38H48N8O2/c1-23(2)33(39)37(47)42-25(5)35-40-21-30(43-35)28-16-12-26(13-17-28)10-11-27-14-18-29(19-15-27)31-22-41-36(44-31)32-9-8-20-46(32)38(48)34(24(3)4)45(6)7/h12-19,21-25,32-34H,8-9,20,39H2,1-7H3,(H,40,43)(H,41,44)(H,42,47)/t25-,32-,33-,34-/m0/s1. The van der Waals surface area contributed by atoms with Crippen molar-refractivity contribution in [3.63, 3.8) is 0 Å². The summed E-state index contributed by atoms with van der Waals surface area (Å²) in [6, 6.07) is 15.0. The first kappa shape index (κ1) is 34.6. The van der Waals surface area contributed by atoms with Gasteiger partial charge in [0.25, 0.3) is 0 Å². The number of benzene rings is 2. The predicted molar refractivity (Wildman–Crippen MR) is 189 cm³/mol. The van der Waals surface area contributed by atoms with Crippen LogP contribution in [0.5, 0.6) is 0 Å². The fourth-order valence-corrected chi connectivity index (χ4v) is 6.23. The zero-order chi connectivity index (χ0) is 34.5. The number of H-pyrrole nitrogens is 2. The van der Waals surface area contributed by atoms with Crippen LogP contribution in [0.3, 0.4) is 0 Å². The van der Waals surface area contributed by atoms with Gasteiger partial charge in [-0.05, 0) is 81.1 Å². The lowest BCUT2D eigenvalue weighted by molar-refractivity contribution is -0.138. The summed E-state index contributed by atoms with van der Waals surface area (Å²) in [4.78, 5) is 45.8. The maximum absolute atomic E-state index is 13.5. The van der Waals surface area contributed by atoms with Crippen LogP contribution < -0.4 is 11.1 Å². The van der Waals surface area contributed by atoms with Gasteiger partial charge in [0, 0.05) is 17.7 Å². The second kappa shape index (κ2) is 15.0. The van der Waals surface area contributed by atoms with Gasteiger partial charge in [-0.25, -0.2) is 9.97 Å². The second-order valence-corrected chi connectivity index (χ2v) is 13.6. The third-order valence-electron chi connectivity index (χ3n) is 9.02. The Bertz CT molecular complexity index is 1750. The van der Waals surface area contributed by atoms with Gasteiger partial charge in [-0.1, -0.05) is 63.8 Å². The van der Waals surface area contributed by atoms with E-state index in [9.17, 15) is 9.59 Å².